The van der Waals surface area contributed by atoms with E-state index in [0.29, 0.717) is 18.6 Å². The molecule has 5 nitrogen and oxygen atoms in total. The van der Waals surface area contributed by atoms with Crippen LogP contribution in [0.1, 0.15) is 38.7 Å². The van der Waals surface area contributed by atoms with E-state index in [1.54, 1.807) is 0 Å². The molecule has 1 aliphatic rings. The molecule has 6 heteroatoms. The Hall–Kier alpha value is -0.860. The first kappa shape index (κ1) is 25.2. The molecule has 1 unspecified atom stereocenters. The van der Waals surface area contributed by atoms with Gasteiger partial charge in [0, 0.05) is 38.6 Å². The minimum absolute atomic E-state index is 0. The lowest BCUT2D eigenvalue weighted by atomic mass is 10.1. The third-order valence-corrected chi connectivity index (χ3v) is 5.36. The molecule has 1 N–H and O–H groups in total. The van der Waals surface area contributed by atoms with Gasteiger partial charge < -0.3 is 19.9 Å². The lowest BCUT2D eigenvalue weighted by Gasteiger charge is -2.23. The summed E-state index contributed by atoms with van der Waals surface area (Å²) in [5.41, 5.74) is 1.24. The maximum atomic E-state index is 5.93. The fourth-order valence-corrected chi connectivity index (χ4v) is 3.36. The van der Waals surface area contributed by atoms with Crippen LogP contribution in [0, 0.1) is 5.92 Å². The van der Waals surface area contributed by atoms with E-state index >= 15 is 0 Å². The molecule has 1 aromatic rings. The number of likely N-dealkylation sites (tertiary alicyclic amines) is 1. The topological polar surface area (TPSA) is 40.1 Å². The SMILES string of the molecule is CN=C(NCCCCN(C)C(C)C)N1CCC(COCc2ccccc2)C1.I. The molecule has 28 heavy (non-hydrogen) atoms. The summed E-state index contributed by atoms with van der Waals surface area (Å²) in [4.78, 5) is 9.24. The van der Waals surface area contributed by atoms with Crippen molar-refractivity contribution in [2.75, 3.05) is 46.9 Å². The van der Waals surface area contributed by atoms with Gasteiger partial charge in [-0.1, -0.05) is 30.3 Å². The van der Waals surface area contributed by atoms with Gasteiger partial charge in [0.25, 0.3) is 0 Å². The summed E-state index contributed by atoms with van der Waals surface area (Å²) in [7, 11) is 4.08. The predicted molar refractivity (Wildman–Crippen MR) is 130 cm³/mol. The maximum absolute atomic E-state index is 5.93. The van der Waals surface area contributed by atoms with E-state index in [1.165, 1.54) is 24.8 Å². The molecule has 1 aliphatic heterocycles. The lowest BCUT2D eigenvalue weighted by molar-refractivity contribution is 0.0907. The molecule has 1 atom stereocenters. The van der Waals surface area contributed by atoms with E-state index in [-0.39, 0.29) is 24.0 Å². The highest BCUT2D eigenvalue weighted by Gasteiger charge is 2.24. The number of unbranched alkanes of at least 4 members (excludes halogenated alkanes) is 1. The number of halogens is 1. The second kappa shape index (κ2) is 14.2. The quantitative estimate of drug-likeness (QED) is 0.229. The highest BCUT2D eigenvalue weighted by atomic mass is 127. The van der Waals surface area contributed by atoms with Crippen molar-refractivity contribution in [3.05, 3.63) is 35.9 Å². The van der Waals surface area contributed by atoms with Crippen molar-refractivity contribution in [1.29, 1.82) is 0 Å². The Balaban J connectivity index is 0.00000392. The van der Waals surface area contributed by atoms with Gasteiger partial charge in [0.05, 0.1) is 13.2 Å². The molecule has 160 valence electrons. The summed E-state index contributed by atoms with van der Waals surface area (Å²) in [5, 5.41) is 3.53. The number of nitrogens with one attached hydrogen (secondary N) is 1. The third-order valence-electron chi connectivity index (χ3n) is 5.36. The summed E-state index contributed by atoms with van der Waals surface area (Å²) in [6.45, 7) is 10.3. The normalized spacial score (nSPS) is 17.3. The van der Waals surface area contributed by atoms with E-state index in [9.17, 15) is 0 Å². The number of guanidine groups is 1. The first-order chi connectivity index (χ1) is 13.1. The third kappa shape index (κ3) is 9.09. The molecule has 0 spiro atoms. The zero-order valence-corrected chi connectivity index (χ0v) is 20.4. The van der Waals surface area contributed by atoms with Gasteiger partial charge in [-0.25, -0.2) is 0 Å². The molecule has 0 aromatic heterocycles. The van der Waals surface area contributed by atoms with E-state index in [1.807, 2.05) is 13.1 Å². The molecule has 0 aliphatic carbocycles. The van der Waals surface area contributed by atoms with Crippen molar-refractivity contribution in [1.82, 2.24) is 15.1 Å². The summed E-state index contributed by atoms with van der Waals surface area (Å²) in [6, 6.07) is 11.0. The van der Waals surface area contributed by atoms with Crippen LogP contribution in [0.2, 0.25) is 0 Å². The monoisotopic (exact) mass is 502 g/mol. The van der Waals surface area contributed by atoms with Crippen LogP contribution in [0.3, 0.4) is 0 Å². The highest BCUT2D eigenvalue weighted by molar-refractivity contribution is 14.0. The molecular formula is C22H39IN4O. The second-order valence-corrected chi connectivity index (χ2v) is 7.86. The van der Waals surface area contributed by atoms with Crippen LogP contribution in [0.15, 0.2) is 35.3 Å². The Bertz CT molecular complexity index is 553. The van der Waals surface area contributed by atoms with Crippen LogP contribution in [-0.2, 0) is 11.3 Å². The van der Waals surface area contributed by atoms with Gasteiger partial charge in [-0.05, 0) is 52.3 Å². The minimum atomic E-state index is 0. The van der Waals surface area contributed by atoms with Gasteiger partial charge in [0.2, 0.25) is 0 Å². The number of ether oxygens (including phenoxy) is 1. The van der Waals surface area contributed by atoms with Gasteiger partial charge in [0.15, 0.2) is 5.96 Å². The maximum Gasteiger partial charge on any atom is 0.193 e. The molecule has 0 saturated carbocycles. The van der Waals surface area contributed by atoms with E-state index in [4.69, 9.17) is 4.74 Å². The second-order valence-electron chi connectivity index (χ2n) is 7.86. The lowest BCUT2D eigenvalue weighted by Crippen LogP contribution is -2.40. The first-order valence-electron chi connectivity index (χ1n) is 10.4. The number of hydrogen-bond acceptors (Lipinski definition) is 3. The Kier molecular flexibility index (Phi) is 12.7. The van der Waals surface area contributed by atoms with Gasteiger partial charge in [-0.3, -0.25) is 4.99 Å². The Morgan fingerprint density at radius 1 is 1.29 bits per heavy atom. The van der Waals surface area contributed by atoms with Crippen molar-refractivity contribution in [2.45, 2.75) is 45.8 Å². The fourth-order valence-electron chi connectivity index (χ4n) is 3.36. The summed E-state index contributed by atoms with van der Waals surface area (Å²) < 4.78 is 5.93. The van der Waals surface area contributed by atoms with E-state index in [2.05, 4.69) is 65.3 Å². The zero-order chi connectivity index (χ0) is 19.5. The molecule has 1 fully saturated rings. The Labute approximate surface area is 188 Å². The zero-order valence-electron chi connectivity index (χ0n) is 18.1. The van der Waals surface area contributed by atoms with Crippen LogP contribution in [0.4, 0.5) is 0 Å². The standard InChI is InChI=1S/C22H38N4O.HI/c1-19(2)25(4)14-9-8-13-24-22(23-3)26-15-12-21(16-26)18-27-17-20-10-6-5-7-11-20;/h5-7,10-11,19,21H,8-9,12-18H2,1-4H3,(H,23,24);1H. The summed E-state index contributed by atoms with van der Waals surface area (Å²) in [6.07, 6.45) is 3.57. The molecule has 1 saturated heterocycles. The minimum Gasteiger partial charge on any atom is -0.376 e. The predicted octanol–water partition coefficient (Wildman–Crippen LogP) is 3.84. The van der Waals surface area contributed by atoms with Crippen molar-refractivity contribution < 1.29 is 4.74 Å². The highest BCUT2D eigenvalue weighted by Crippen LogP contribution is 2.17. The number of aliphatic imine (C=N–C) groups is 1. The molecule has 1 aromatic carbocycles. The van der Waals surface area contributed by atoms with Gasteiger partial charge in [0.1, 0.15) is 0 Å². The Morgan fingerprint density at radius 3 is 2.71 bits per heavy atom. The summed E-state index contributed by atoms with van der Waals surface area (Å²) >= 11 is 0. The van der Waals surface area contributed by atoms with Gasteiger partial charge >= 0.3 is 0 Å². The van der Waals surface area contributed by atoms with Crippen LogP contribution < -0.4 is 5.32 Å². The number of rotatable bonds is 10. The number of hydrogen-bond donors (Lipinski definition) is 1. The van der Waals surface area contributed by atoms with Crippen molar-refractivity contribution >= 4 is 29.9 Å². The van der Waals surface area contributed by atoms with Crippen LogP contribution in [0.5, 0.6) is 0 Å². The van der Waals surface area contributed by atoms with Crippen molar-refractivity contribution in [3.8, 4) is 0 Å². The van der Waals surface area contributed by atoms with Gasteiger partial charge in [-0.15, -0.1) is 24.0 Å². The molecule has 0 amide bonds. The van der Waals surface area contributed by atoms with Crippen molar-refractivity contribution in [2.24, 2.45) is 10.9 Å². The first-order valence-corrected chi connectivity index (χ1v) is 10.4. The molecular weight excluding hydrogens is 463 g/mol. The van der Waals surface area contributed by atoms with Crippen LogP contribution in [0.25, 0.3) is 0 Å². The Morgan fingerprint density at radius 2 is 2.04 bits per heavy atom. The number of nitrogens with zero attached hydrogens (tertiary/aromatic N) is 3. The largest absolute Gasteiger partial charge is 0.376 e. The molecule has 1 heterocycles. The number of benzene rings is 1. The fraction of sp³-hybridized carbons (Fsp3) is 0.682. The van der Waals surface area contributed by atoms with Crippen LogP contribution >= 0.6 is 24.0 Å². The molecule has 0 bridgehead atoms. The van der Waals surface area contributed by atoms with E-state index in [0.717, 1.165) is 38.7 Å². The summed E-state index contributed by atoms with van der Waals surface area (Å²) in [5.74, 6) is 1.63. The van der Waals surface area contributed by atoms with Gasteiger partial charge in [-0.2, -0.15) is 0 Å². The van der Waals surface area contributed by atoms with Crippen LogP contribution in [-0.4, -0.2) is 68.7 Å². The molecule has 2 rings (SSSR count). The van der Waals surface area contributed by atoms with Crippen molar-refractivity contribution in [3.63, 3.8) is 0 Å². The smallest absolute Gasteiger partial charge is 0.193 e. The molecule has 0 radical (unpaired) electrons. The average Bonchev–Trinajstić information content (AvgIpc) is 3.14. The van der Waals surface area contributed by atoms with E-state index < -0.39 is 0 Å². The average molecular weight is 502 g/mol.